The number of carbonyl (C=O) groups excluding carboxylic acids is 1. The molecule has 0 radical (unpaired) electrons. The Kier molecular flexibility index (Phi) is 5.31. The first kappa shape index (κ1) is 17.0. The zero-order chi connectivity index (χ0) is 17.6. The average molecular weight is 352 g/mol. The van der Waals surface area contributed by atoms with Crippen LogP contribution in [-0.4, -0.2) is 10.9 Å². The van der Waals surface area contributed by atoms with Crippen LogP contribution in [0, 0.1) is 6.92 Å². The Morgan fingerprint density at radius 3 is 2.60 bits per heavy atom. The van der Waals surface area contributed by atoms with Crippen LogP contribution in [0.4, 0.5) is 11.4 Å². The van der Waals surface area contributed by atoms with Crippen molar-refractivity contribution in [3.63, 3.8) is 0 Å². The maximum absolute atomic E-state index is 12.3. The van der Waals surface area contributed by atoms with Crippen molar-refractivity contribution in [1.29, 1.82) is 0 Å². The van der Waals surface area contributed by atoms with Crippen LogP contribution in [0.15, 0.2) is 66.9 Å². The van der Waals surface area contributed by atoms with Gasteiger partial charge < -0.3 is 10.6 Å². The number of amides is 1. The molecular formula is C20H18ClN3O. The van der Waals surface area contributed by atoms with E-state index < -0.39 is 0 Å². The van der Waals surface area contributed by atoms with Crippen molar-refractivity contribution >= 4 is 28.9 Å². The van der Waals surface area contributed by atoms with Gasteiger partial charge in [-0.15, -0.1) is 0 Å². The number of hydrogen-bond donors (Lipinski definition) is 2. The molecule has 3 rings (SSSR count). The molecule has 2 aromatic carbocycles. The molecule has 5 heteroatoms. The van der Waals surface area contributed by atoms with Gasteiger partial charge in [-0.2, -0.15) is 0 Å². The van der Waals surface area contributed by atoms with Gasteiger partial charge in [0.15, 0.2) is 0 Å². The first-order valence-corrected chi connectivity index (χ1v) is 8.31. The average Bonchev–Trinajstić information content (AvgIpc) is 2.64. The van der Waals surface area contributed by atoms with Crippen molar-refractivity contribution in [3.05, 3.63) is 88.7 Å². The minimum Gasteiger partial charge on any atom is -0.380 e. The van der Waals surface area contributed by atoms with Crippen molar-refractivity contribution in [2.24, 2.45) is 0 Å². The Morgan fingerprint density at radius 1 is 1.08 bits per heavy atom. The van der Waals surface area contributed by atoms with Crippen LogP contribution in [0.1, 0.15) is 21.6 Å². The summed E-state index contributed by atoms with van der Waals surface area (Å²) in [6.07, 6.45) is 1.66. The van der Waals surface area contributed by atoms with Crippen LogP contribution in [-0.2, 0) is 6.54 Å². The van der Waals surface area contributed by atoms with Gasteiger partial charge in [-0.3, -0.25) is 4.79 Å². The van der Waals surface area contributed by atoms with Crippen LogP contribution in [0.5, 0.6) is 0 Å². The summed E-state index contributed by atoms with van der Waals surface area (Å²) in [6, 6.07) is 19.0. The molecule has 1 heterocycles. The van der Waals surface area contributed by atoms with E-state index in [0.717, 1.165) is 11.3 Å². The van der Waals surface area contributed by atoms with E-state index in [1.807, 2.05) is 37.3 Å². The predicted octanol–water partition coefficient (Wildman–Crippen LogP) is 4.91. The van der Waals surface area contributed by atoms with Crippen LogP contribution < -0.4 is 10.6 Å². The molecule has 1 amide bonds. The monoisotopic (exact) mass is 351 g/mol. The van der Waals surface area contributed by atoms with Gasteiger partial charge in [-0.1, -0.05) is 48.0 Å². The highest BCUT2D eigenvalue weighted by molar-refractivity contribution is 6.31. The quantitative estimate of drug-likeness (QED) is 0.686. The number of nitrogens with one attached hydrogen (secondary N) is 2. The van der Waals surface area contributed by atoms with Gasteiger partial charge in [0.25, 0.3) is 5.91 Å². The zero-order valence-corrected chi connectivity index (χ0v) is 14.5. The molecule has 0 fully saturated rings. The number of carbonyl (C=O) groups is 1. The van der Waals surface area contributed by atoms with E-state index >= 15 is 0 Å². The number of aromatic nitrogens is 1. The second-order valence-electron chi connectivity index (χ2n) is 5.68. The van der Waals surface area contributed by atoms with Crippen molar-refractivity contribution in [1.82, 2.24) is 4.98 Å². The minimum atomic E-state index is -0.264. The molecule has 0 atom stereocenters. The van der Waals surface area contributed by atoms with Gasteiger partial charge in [-0.25, -0.2) is 4.98 Å². The highest BCUT2D eigenvalue weighted by Crippen LogP contribution is 2.20. The highest BCUT2D eigenvalue weighted by atomic mass is 35.5. The van der Waals surface area contributed by atoms with Crippen LogP contribution in [0.25, 0.3) is 0 Å². The highest BCUT2D eigenvalue weighted by Gasteiger charge is 2.09. The Bertz CT molecular complexity index is 864. The van der Waals surface area contributed by atoms with Crippen LogP contribution in [0.2, 0.25) is 5.02 Å². The molecule has 0 spiro atoms. The maximum atomic E-state index is 12.3. The largest absolute Gasteiger partial charge is 0.380 e. The molecule has 25 heavy (non-hydrogen) atoms. The van der Waals surface area contributed by atoms with E-state index in [1.165, 1.54) is 5.56 Å². The number of rotatable bonds is 5. The van der Waals surface area contributed by atoms with Crippen molar-refractivity contribution < 1.29 is 4.79 Å². The molecule has 2 N–H and O–H groups in total. The molecule has 0 aliphatic heterocycles. The fourth-order valence-electron chi connectivity index (χ4n) is 2.35. The molecule has 0 aliphatic rings. The Hall–Kier alpha value is -2.85. The summed E-state index contributed by atoms with van der Waals surface area (Å²) in [5.74, 6) is -0.264. The lowest BCUT2D eigenvalue weighted by atomic mass is 10.2. The first-order chi connectivity index (χ1) is 12.1. The van der Waals surface area contributed by atoms with Gasteiger partial charge in [-0.05, 0) is 42.3 Å². The van der Waals surface area contributed by atoms with Crippen LogP contribution in [0.3, 0.4) is 0 Å². The zero-order valence-electron chi connectivity index (χ0n) is 13.8. The second kappa shape index (κ2) is 7.81. The van der Waals surface area contributed by atoms with Gasteiger partial charge in [0.1, 0.15) is 5.69 Å². The van der Waals surface area contributed by atoms with Crippen LogP contribution >= 0.6 is 11.6 Å². The molecule has 0 aliphatic carbocycles. The molecule has 0 saturated carbocycles. The van der Waals surface area contributed by atoms with E-state index in [1.54, 1.807) is 24.4 Å². The lowest BCUT2D eigenvalue weighted by Gasteiger charge is -2.09. The summed E-state index contributed by atoms with van der Waals surface area (Å²) in [5, 5.41) is 6.70. The van der Waals surface area contributed by atoms with E-state index in [-0.39, 0.29) is 5.91 Å². The third-order valence-corrected chi connectivity index (χ3v) is 4.02. The number of benzene rings is 2. The number of pyridine rings is 1. The summed E-state index contributed by atoms with van der Waals surface area (Å²) >= 11 is 5.98. The first-order valence-electron chi connectivity index (χ1n) is 7.93. The molecule has 4 nitrogen and oxygen atoms in total. The summed E-state index contributed by atoms with van der Waals surface area (Å²) < 4.78 is 0. The summed E-state index contributed by atoms with van der Waals surface area (Å²) in [6.45, 7) is 2.62. The normalized spacial score (nSPS) is 10.3. The van der Waals surface area contributed by atoms with Crippen molar-refractivity contribution in [3.8, 4) is 0 Å². The Labute approximate surface area is 151 Å². The van der Waals surface area contributed by atoms with Crippen molar-refractivity contribution in [2.45, 2.75) is 13.5 Å². The maximum Gasteiger partial charge on any atom is 0.274 e. The smallest absolute Gasteiger partial charge is 0.274 e. The SMILES string of the molecule is Cc1ccc(Cl)cc1NC(=O)c1ccc(NCc2ccccc2)cn1. The van der Waals surface area contributed by atoms with Gasteiger partial charge in [0.05, 0.1) is 11.9 Å². The van der Waals surface area contributed by atoms with Gasteiger partial charge in [0.2, 0.25) is 0 Å². The fourth-order valence-corrected chi connectivity index (χ4v) is 2.52. The molecule has 0 unspecified atom stereocenters. The third-order valence-electron chi connectivity index (χ3n) is 3.78. The van der Waals surface area contributed by atoms with Crippen molar-refractivity contribution in [2.75, 3.05) is 10.6 Å². The molecule has 3 aromatic rings. The molecule has 0 bridgehead atoms. The minimum absolute atomic E-state index is 0.264. The van der Waals surface area contributed by atoms with E-state index in [9.17, 15) is 4.79 Å². The molecule has 0 saturated heterocycles. The number of halogens is 1. The number of hydrogen-bond acceptors (Lipinski definition) is 3. The summed E-state index contributed by atoms with van der Waals surface area (Å²) in [4.78, 5) is 16.6. The summed E-state index contributed by atoms with van der Waals surface area (Å²) in [5.41, 5.74) is 4.02. The fraction of sp³-hybridized carbons (Fsp3) is 0.100. The second-order valence-corrected chi connectivity index (χ2v) is 6.12. The number of nitrogens with zero attached hydrogens (tertiary/aromatic N) is 1. The molecular weight excluding hydrogens is 334 g/mol. The summed E-state index contributed by atoms with van der Waals surface area (Å²) in [7, 11) is 0. The molecule has 1 aromatic heterocycles. The standard InChI is InChI=1S/C20H18ClN3O/c1-14-7-8-16(21)11-19(14)24-20(25)18-10-9-17(13-23-18)22-12-15-5-3-2-4-6-15/h2-11,13,22H,12H2,1H3,(H,24,25). The lowest BCUT2D eigenvalue weighted by molar-refractivity contribution is 0.102. The number of aryl methyl sites for hydroxylation is 1. The van der Waals surface area contributed by atoms with E-state index in [2.05, 4.69) is 27.8 Å². The third kappa shape index (κ3) is 4.58. The number of anilines is 2. The lowest BCUT2D eigenvalue weighted by Crippen LogP contribution is -2.14. The van der Waals surface area contributed by atoms with Gasteiger partial charge in [0, 0.05) is 17.3 Å². The Balaban J connectivity index is 1.63. The van der Waals surface area contributed by atoms with Gasteiger partial charge >= 0.3 is 0 Å². The molecule has 126 valence electrons. The Morgan fingerprint density at radius 2 is 1.88 bits per heavy atom. The van der Waals surface area contributed by atoms with E-state index in [4.69, 9.17) is 11.6 Å². The topological polar surface area (TPSA) is 54.0 Å². The predicted molar refractivity (Wildman–Crippen MR) is 102 cm³/mol. The van der Waals surface area contributed by atoms with E-state index in [0.29, 0.717) is 22.9 Å².